The molecule has 0 aliphatic carbocycles. The molecule has 0 heterocycles. The topological polar surface area (TPSA) is 110 Å². The Labute approximate surface area is 76.8 Å². The van der Waals surface area contributed by atoms with Crippen molar-refractivity contribution in [3.05, 3.63) is 35.9 Å². The molecule has 0 saturated heterocycles. The molecule has 70 valence electrons. The molecule has 1 rings (SSSR count). The number of nitrogens with zero attached hydrogens (tertiary/aromatic N) is 1. The van der Waals surface area contributed by atoms with E-state index in [0.717, 1.165) is 0 Å². The molecule has 6 heteroatoms. The fourth-order valence-corrected chi connectivity index (χ4v) is 0.513. The summed E-state index contributed by atoms with van der Waals surface area (Å²) in [6.45, 7) is 0. The molecule has 0 bridgehead atoms. The zero-order valence-corrected chi connectivity index (χ0v) is 7.53. The fraction of sp³-hybridized carbons (Fsp3) is 0. The van der Waals surface area contributed by atoms with Crippen LogP contribution in [0.1, 0.15) is 5.56 Å². The second-order valence-electron chi connectivity index (χ2n) is 2.07. The van der Waals surface area contributed by atoms with Crippen LogP contribution in [0.3, 0.4) is 0 Å². The smallest absolute Gasteiger partial charge is 0.216 e. The first-order valence-corrected chi connectivity index (χ1v) is 4.80. The fourth-order valence-electron chi connectivity index (χ4n) is 0.513. The van der Waals surface area contributed by atoms with E-state index in [4.69, 9.17) is 5.26 Å². The van der Waals surface area contributed by atoms with Gasteiger partial charge in [0.05, 0.1) is 11.6 Å². The zero-order valence-electron chi connectivity index (χ0n) is 6.71. The highest BCUT2D eigenvalue weighted by Gasteiger charge is 1.79. The van der Waals surface area contributed by atoms with Crippen LogP contribution in [-0.2, 0) is 10.2 Å². The van der Waals surface area contributed by atoms with Crippen LogP contribution in [0.5, 0.6) is 0 Å². The standard InChI is InChI=1S/C7H5N.H4N2O2S/c8-6-7-4-2-1-3-5-7;1-5(2,3)4/h1-5H;(H4,1,2,3,4). The lowest BCUT2D eigenvalue weighted by Crippen LogP contribution is -2.21. The molecule has 0 fully saturated rings. The Bertz CT molecular complexity index is 372. The van der Waals surface area contributed by atoms with E-state index in [1.807, 2.05) is 24.3 Å². The number of nitriles is 1. The maximum absolute atomic E-state index is 9.19. The van der Waals surface area contributed by atoms with Gasteiger partial charge in [0.2, 0.25) is 0 Å². The summed E-state index contributed by atoms with van der Waals surface area (Å²) in [4.78, 5) is 0. The summed E-state index contributed by atoms with van der Waals surface area (Å²) >= 11 is 0. The Balaban J connectivity index is 0.000000252. The molecule has 4 N–H and O–H groups in total. The van der Waals surface area contributed by atoms with E-state index in [9.17, 15) is 8.42 Å². The van der Waals surface area contributed by atoms with Gasteiger partial charge in [-0.25, -0.2) is 10.3 Å². The van der Waals surface area contributed by atoms with Gasteiger partial charge in [-0.2, -0.15) is 13.7 Å². The molecule has 0 saturated carbocycles. The van der Waals surface area contributed by atoms with Crippen LogP contribution in [0, 0.1) is 11.3 Å². The minimum atomic E-state index is -3.67. The van der Waals surface area contributed by atoms with Crippen LogP contribution in [0.25, 0.3) is 0 Å². The molecule has 1 aromatic rings. The van der Waals surface area contributed by atoms with Crippen molar-refractivity contribution in [1.29, 1.82) is 5.26 Å². The molecule has 0 aliphatic rings. The molecule has 0 aromatic heterocycles. The summed E-state index contributed by atoms with van der Waals surface area (Å²) in [6.07, 6.45) is 0. The average Bonchev–Trinajstić information content (AvgIpc) is 2.03. The van der Waals surface area contributed by atoms with E-state index in [0.29, 0.717) is 5.56 Å². The van der Waals surface area contributed by atoms with Gasteiger partial charge < -0.3 is 0 Å². The second-order valence-corrected chi connectivity index (χ2v) is 3.24. The predicted molar refractivity (Wildman–Crippen MR) is 48.5 cm³/mol. The molecule has 0 atom stereocenters. The molecular formula is C7H9N3O2S. The van der Waals surface area contributed by atoms with Gasteiger partial charge in [-0.15, -0.1) is 0 Å². The lowest BCUT2D eigenvalue weighted by Gasteiger charge is -1.80. The normalized spacial score (nSPS) is 9.31. The van der Waals surface area contributed by atoms with E-state index in [2.05, 4.69) is 10.3 Å². The molecule has 1 aromatic carbocycles. The highest BCUT2D eigenvalue weighted by molar-refractivity contribution is 7.86. The minimum Gasteiger partial charge on any atom is -0.216 e. The van der Waals surface area contributed by atoms with Gasteiger partial charge in [0, 0.05) is 0 Å². The number of hydrogen-bond acceptors (Lipinski definition) is 3. The van der Waals surface area contributed by atoms with Crippen molar-refractivity contribution in [3.8, 4) is 6.07 Å². The lowest BCUT2D eigenvalue weighted by molar-refractivity contribution is 0.599. The van der Waals surface area contributed by atoms with E-state index in [-0.39, 0.29) is 0 Å². The van der Waals surface area contributed by atoms with Crippen molar-refractivity contribution in [2.45, 2.75) is 0 Å². The highest BCUT2D eigenvalue weighted by atomic mass is 32.2. The van der Waals surface area contributed by atoms with E-state index >= 15 is 0 Å². The summed E-state index contributed by atoms with van der Waals surface area (Å²) in [5.41, 5.74) is 0.715. The van der Waals surface area contributed by atoms with Crippen molar-refractivity contribution in [3.63, 3.8) is 0 Å². The Hall–Kier alpha value is -1.42. The summed E-state index contributed by atoms with van der Waals surface area (Å²) in [6, 6.07) is 11.2. The Morgan fingerprint density at radius 1 is 1.15 bits per heavy atom. The molecule has 0 radical (unpaired) electrons. The van der Waals surface area contributed by atoms with Crippen LogP contribution >= 0.6 is 0 Å². The summed E-state index contributed by atoms with van der Waals surface area (Å²) in [5.74, 6) is 0. The summed E-state index contributed by atoms with van der Waals surface area (Å²) in [7, 11) is -3.67. The number of benzene rings is 1. The third-order valence-corrected chi connectivity index (χ3v) is 0.903. The first kappa shape index (κ1) is 11.6. The molecule has 0 amide bonds. The number of rotatable bonds is 0. The molecular weight excluding hydrogens is 190 g/mol. The maximum atomic E-state index is 9.19. The van der Waals surface area contributed by atoms with Crippen molar-refractivity contribution in [2.75, 3.05) is 0 Å². The third kappa shape index (κ3) is 10.6. The Morgan fingerprint density at radius 2 is 1.54 bits per heavy atom. The molecule has 0 aliphatic heterocycles. The number of nitrogens with two attached hydrogens (primary N) is 2. The summed E-state index contributed by atoms with van der Waals surface area (Å²) < 4.78 is 18.4. The maximum Gasteiger partial charge on any atom is 0.271 e. The predicted octanol–water partition coefficient (Wildman–Crippen LogP) is -0.293. The van der Waals surface area contributed by atoms with Crippen molar-refractivity contribution < 1.29 is 8.42 Å². The van der Waals surface area contributed by atoms with Crippen LogP contribution in [0.15, 0.2) is 30.3 Å². The van der Waals surface area contributed by atoms with Crippen molar-refractivity contribution in [2.24, 2.45) is 10.3 Å². The van der Waals surface area contributed by atoms with E-state index in [1.165, 1.54) is 0 Å². The van der Waals surface area contributed by atoms with Gasteiger partial charge in [0.15, 0.2) is 0 Å². The van der Waals surface area contributed by atoms with Gasteiger partial charge in [0.1, 0.15) is 0 Å². The van der Waals surface area contributed by atoms with Gasteiger partial charge >= 0.3 is 0 Å². The third-order valence-electron chi connectivity index (χ3n) is 0.903. The van der Waals surface area contributed by atoms with Crippen molar-refractivity contribution >= 4 is 10.2 Å². The average molecular weight is 199 g/mol. The SMILES string of the molecule is N#Cc1ccccc1.NS(N)(=O)=O. The Kier molecular flexibility index (Phi) is 4.69. The second kappa shape index (κ2) is 5.27. The monoisotopic (exact) mass is 199 g/mol. The molecule has 13 heavy (non-hydrogen) atoms. The van der Waals surface area contributed by atoms with Gasteiger partial charge in [-0.05, 0) is 12.1 Å². The quantitative estimate of drug-likeness (QED) is 0.598. The van der Waals surface area contributed by atoms with Gasteiger partial charge in [-0.3, -0.25) is 0 Å². The minimum absolute atomic E-state index is 0.715. The van der Waals surface area contributed by atoms with E-state index in [1.54, 1.807) is 12.1 Å². The van der Waals surface area contributed by atoms with Crippen LogP contribution < -0.4 is 10.3 Å². The van der Waals surface area contributed by atoms with Crippen molar-refractivity contribution in [1.82, 2.24) is 0 Å². The van der Waals surface area contributed by atoms with Crippen LogP contribution in [0.4, 0.5) is 0 Å². The largest absolute Gasteiger partial charge is 0.271 e. The number of hydrogen-bond donors (Lipinski definition) is 2. The first-order valence-electron chi connectivity index (χ1n) is 3.19. The van der Waals surface area contributed by atoms with Crippen LogP contribution in [0.2, 0.25) is 0 Å². The molecule has 0 spiro atoms. The zero-order chi connectivity index (χ0) is 10.3. The molecule has 5 nitrogen and oxygen atoms in total. The van der Waals surface area contributed by atoms with Gasteiger partial charge in [-0.1, -0.05) is 18.2 Å². The van der Waals surface area contributed by atoms with Gasteiger partial charge in [0.25, 0.3) is 10.2 Å². The highest BCUT2D eigenvalue weighted by Crippen LogP contribution is 1.92. The first-order chi connectivity index (χ1) is 5.93. The van der Waals surface area contributed by atoms with E-state index < -0.39 is 10.2 Å². The lowest BCUT2D eigenvalue weighted by atomic mass is 10.2. The Morgan fingerprint density at radius 3 is 1.77 bits per heavy atom. The van der Waals surface area contributed by atoms with Crippen LogP contribution in [-0.4, -0.2) is 8.42 Å². The molecule has 0 unspecified atom stereocenters. The summed E-state index contributed by atoms with van der Waals surface area (Å²) in [5, 5.41) is 16.5.